The van der Waals surface area contributed by atoms with Crippen LogP contribution in [0.15, 0.2) is 29.3 Å². The van der Waals surface area contributed by atoms with Crippen LogP contribution < -0.4 is 5.32 Å². The smallest absolute Gasteiger partial charge is 0.193 e. The van der Waals surface area contributed by atoms with Gasteiger partial charge in [0.25, 0.3) is 0 Å². The third-order valence-corrected chi connectivity index (χ3v) is 4.25. The lowest BCUT2D eigenvalue weighted by Gasteiger charge is -2.33. The highest BCUT2D eigenvalue weighted by atomic mass is 127. The Morgan fingerprint density at radius 2 is 2.26 bits per heavy atom. The summed E-state index contributed by atoms with van der Waals surface area (Å²) in [4.78, 5) is 14.8. The van der Waals surface area contributed by atoms with E-state index in [4.69, 9.17) is 0 Å². The number of guanidine groups is 1. The number of likely N-dealkylation sites (tertiary alicyclic amines) is 1. The summed E-state index contributed by atoms with van der Waals surface area (Å²) < 4.78 is 0. The van der Waals surface area contributed by atoms with Crippen molar-refractivity contribution in [2.45, 2.75) is 26.2 Å². The molecule has 126 valence electrons. The number of halogens is 1. The molecule has 1 aromatic heterocycles. The number of benzene rings is 1. The summed E-state index contributed by atoms with van der Waals surface area (Å²) in [5, 5.41) is 3.47. The van der Waals surface area contributed by atoms with Gasteiger partial charge >= 0.3 is 0 Å². The average molecular weight is 427 g/mol. The lowest BCUT2D eigenvalue weighted by Crippen LogP contribution is -2.46. The predicted molar refractivity (Wildman–Crippen MR) is 107 cm³/mol. The SMILES string of the molecule is CN=C(NCCc1nc2ccccc2[nH]1)N1CCCC(C)C1.I. The van der Waals surface area contributed by atoms with E-state index in [-0.39, 0.29) is 24.0 Å². The second-order valence-electron chi connectivity index (χ2n) is 6.12. The van der Waals surface area contributed by atoms with Crippen molar-refractivity contribution in [3.05, 3.63) is 30.1 Å². The molecule has 2 heterocycles. The normalized spacial score (nSPS) is 18.8. The number of fused-ring (bicyclic) bond motifs is 1. The zero-order chi connectivity index (χ0) is 15.4. The van der Waals surface area contributed by atoms with Gasteiger partial charge in [-0.15, -0.1) is 24.0 Å². The molecule has 1 atom stereocenters. The lowest BCUT2D eigenvalue weighted by molar-refractivity contribution is 0.266. The minimum absolute atomic E-state index is 0. The van der Waals surface area contributed by atoms with Crippen molar-refractivity contribution in [1.82, 2.24) is 20.2 Å². The minimum Gasteiger partial charge on any atom is -0.356 e. The molecule has 0 spiro atoms. The molecule has 0 amide bonds. The summed E-state index contributed by atoms with van der Waals surface area (Å²) in [6.07, 6.45) is 3.45. The number of aromatic nitrogens is 2. The fourth-order valence-corrected chi connectivity index (χ4v) is 3.13. The monoisotopic (exact) mass is 427 g/mol. The summed E-state index contributed by atoms with van der Waals surface area (Å²) in [5.41, 5.74) is 2.14. The quantitative estimate of drug-likeness (QED) is 0.450. The number of rotatable bonds is 3. The Morgan fingerprint density at radius 1 is 1.43 bits per heavy atom. The van der Waals surface area contributed by atoms with Crippen LogP contribution in [0.25, 0.3) is 11.0 Å². The van der Waals surface area contributed by atoms with Gasteiger partial charge < -0.3 is 15.2 Å². The number of nitrogens with zero attached hydrogens (tertiary/aromatic N) is 3. The molecule has 0 radical (unpaired) electrons. The summed E-state index contributed by atoms with van der Waals surface area (Å²) in [7, 11) is 1.86. The molecule has 5 nitrogen and oxygen atoms in total. The highest BCUT2D eigenvalue weighted by molar-refractivity contribution is 14.0. The van der Waals surface area contributed by atoms with E-state index >= 15 is 0 Å². The van der Waals surface area contributed by atoms with Gasteiger partial charge in [0.15, 0.2) is 5.96 Å². The highest BCUT2D eigenvalue weighted by Crippen LogP contribution is 2.15. The molecule has 1 saturated heterocycles. The highest BCUT2D eigenvalue weighted by Gasteiger charge is 2.18. The van der Waals surface area contributed by atoms with Crippen molar-refractivity contribution in [2.75, 3.05) is 26.7 Å². The number of aromatic amines is 1. The van der Waals surface area contributed by atoms with Crippen LogP contribution in [0.3, 0.4) is 0 Å². The van der Waals surface area contributed by atoms with Crippen LogP contribution in [0.4, 0.5) is 0 Å². The van der Waals surface area contributed by atoms with E-state index < -0.39 is 0 Å². The zero-order valence-electron chi connectivity index (χ0n) is 13.9. The number of nitrogens with one attached hydrogen (secondary N) is 2. The maximum absolute atomic E-state index is 4.61. The first kappa shape index (κ1) is 18.0. The molecule has 6 heteroatoms. The molecule has 23 heavy (non-hydrogen) atoms. The van der Waals surface area contributed by atoms with Crippen molar-refractivity contribution in [3.63, 3.8) is 0 Å². The van der Waals surface area contributed by atoms with Crippen LogP contribution >= 0.6 is 24.0 Å². The summed E-state index contributed by atoms with van der Waals surface area (Å²) >= 11 is 0. The number of imidazole rings is 1. The maximum atomic E-state index is 4.61. The number of H-pyrrole nitrogens is 1. The summed E-state index contributed by atoms with van der Waals surface area (Å²) in [5.74, 6) is 2.79. The largest absolute Gasteiger partial charge is 0.356 e. The van der Waals surface area contributed by atoms with Crippen molar-refractivity contribution in [2.24, 2.45) is 10.9 Å². The molecule has 1 fully saturated rings. The van der Waals surface area contributed by atoms with Crippen molar-refractivity contribution in [3.8, 4) is 0 Å². The molecule has 1 aromatic carbocycles. The van der Waals surface area contributed by atoms with Crippen LogP contribution in [0.1, 0.15) is 25.6 Å². The first-order valence-electron chi connectivity index (χ1n) is 8.15. The zero-order valence-corrected chi connectivity index (χ0v) is 16.2. The van der Waals surface area contributed by atoms with Gasteiger partial charge in [-0.1, -0.05) is 19.1 Å². The fraction of sp³-hybridized carbons (Fsp3) is 0.529. The van der Waals surface area contributed by atoms with Crippen LogP contribution in [-0.4, -0.2) is 47.5 Å². The van der Waals surface area contributed by atoms with E-state index in [1.54, 1.807) is 0 Å². The molecular formula is C17H26IN5. The van der Waals surface area contributed by atoms with Crippen molar-refractivity contribution < 1.29 is 0 Å². The lowest BCUT2D eigenvalue weighted by atomic mass is 10.0. The number of hydrogen-bond donors (Lipinski definition) is 2. The van der Waals surface area contributed by atoms with Crippen molar-refractivity contribution >= 4 is 41.0 Å². The van der Waals surface area contributed by atoms with Gasteiger partial charge in [0.05, 0.1) is 11.0 Å². The third-order valence-electron chi connectivity index (χ3n) is 4.25. The minimum atomic E-state index is 0. The van der Waals surface area contributed by atoms with E-state index in [0.717, 1.165) is 54.8 Å². The van der Waals surface area contributed by atoms with Gasteiger partial charge in [-0.05, 0) is 30.9 Å². The van der Waals surface area contributed by atoms with Gasteiger partial charge in [0, 0.05) is 33.1 Å². The van der Waals surface area contributed by atoms with Crippen molar-refractivity contribution in [1.29, 1.82) is 0 Å². The van der Waals surface area contributed by atoms with E-state index in [1.165, 1.54) is 12.8 Å². The Labute approximate surface area is 155 Å². The van der Waals surface area contributed by atoms with Crippen LogP contribution in [-0.2, 0) is 6.42 Å². The van der Waals surface area contributed by atoms with Gasteiger partial charge in [-0.3, -0.25) is 4.99 Å². The molecule has 0 aliphatic carbocycles. The number of para-hydroxylation sites is 2. The second-order valence-corrected chi connectivity index (χ2v) is 6.12. The Bertz CT molecular complexity index is 618. The van der Waals surface area contributed by atoms with Gasteiger partial charge in [-0.2, -0.15) is 0 Å². The summed E-state index contributed by atoms with van der Waals surface area (Å²) in [6, 6.07) is 8.15. The predicted octanol–water partition coefficient (Wildman–Crippen LogP) is 3.03. The Morgan fingerprint density at radius 3 is 3.00 bits per heavy atom. The number of aliphatic imine (C=N–C) groups is 1. The van der Waals surface area contributed by atoms with E-state index in [0.29, 0.717) is 0 Å². The van der Waals surface area contributed by atoms with Gasteiger partial charge in [-0.25, -0.2) is 4.98 Å². The Balaban J connectivity index is 0.00000192. The third kappa shape index (κ3) is 4.59. The number of hydrogen-bond acceptors (Lipinski definition) is 2. The van der Waals surface area contributed by atoms with E-state index in [1.807, 2.05) is 25.2 Å². The molecule has 1 aliphatic heterocycles. The van der Waals surface area contributed by atoms with Gasteiger partial charge in [0.2, 0.25) is 0 Å². The number of piperidine rings is 1. The molecular weight excluding hydrogens is 401 g/mol. The van der Waals surface area contributed by atoms with E-state index in [9.17, 15) is 0 Å². The Kier molecular flexibility index (Phi) is 6.68. The van der Waals surface area contributed by atoms with E-state index in [2.05, 4.69) is 38.2 Å². The van der Waals surface area contributed by atoms with Gasteiger partial charge in [0.1, 0.15) is 5.82 Å². The molecule has 0 bridgehead atoms. The Hall–Kier alpha value is -1.31. The fourth-order valence-electron chi connectivity index (χ4n) is 3.13. The average Bonchev–Trinajstić information content (AvgIpc) is 2.94. The van der Waals surface area contributed by atoms with Crippen LogP contribution in [0.2, 0.25) is 0 Å². The first-order valence-corrected chi connectivity index (χ1v) is 8.15. The first-order chi connectivity index (χ1) is 10.8. The van der Waals surface area contributed by atoms with Crippen LogP contribution in [0.5, 0.6) is 0 Å². The molecule has 3 rings (SSSR count). The topological polar surface area (TPSA) is 56.3 Å². The summed E-state index contributed by atoms with van der Waals surface area (Å²) in [6.45, 7) is 5.37. The molecule has 0 saturated carbocycles. The standard InChI is InChI=1S/C17H25N5.HI/c1-13-6-5-11-22(12-13)17(18-2)19-10-9-16-20-14-7-3-4-8-15(14)21-16;/h3-4,7-8,13H,5-6,9-12H2,1-2H3,(H,18,19)(H,20,21);1H. The maximum Gasteiger partial charge on any atom is 0.193 e. The molecule has 1 unspecified atom stereocenters. The molecule has 2 N–H and O–H groups in total. The second kappa shape index (κ2) is 8.52. The molecule has 2 aromatic rings. The molecule has 1 aliphatic rings. The van der Waals surface area contributed by atoms with Crippen LogP contribution in [0, 0.1) is 5.92 Å².